The molecule has 0 aliphatic carbocycles. The van der Waals surface area contributed by atoms with Crippen LogP contribution in [0, 0.1) is 0 Å². The van der Waals surface area contributed by atoms with E-state index >= 15 is 0 Å². The molecule has 3 rings (SSSR count). The lowest BCUT2D eigenvalue weighted by Gasteiger charge is -2.09. The minimum absolute atomic E-state index is 0.321. The van der Waals surface area contributed by atoms with E-state index in [1.807, 2.05) is 24.3 Å². The second-order valence-corrected chi connectivity index (χ2v) is 5.92. The number of aromatic nitrogens is 3. The summed E-state index contributed by atoms with van der Waals surface area (Å²) in [5.74, 6) is -0.550. The van der Waals surface area contributed by atoms with Gasteiger partial charge in [-0.3, -0.25) is 9.20 Å². The van der Waals surface area contributed by atoms with E-state index in [0.29, 0.717) is 22.8 Å². The highest BCUT2D eigenvalue weighted by molar-refractivity contribution is 5.95. The van der Waals surface area contributed by atoms with Gasteiger partial charge in [0.2, 0.25) is 0 Å². The number of carbonyl (C=O) groups is 2. The average molecular weight is 338 g/mol. The largest absolute Gasteiger partial charge is 0.452 e. The Balaban J connectivity index is 1.55. The lowest BCUT2D eigenvalue weighted by atomic mass is 10.0. The van der Waals surface area contributed by atoms with E-state index < -0.39 is 11.9 Å². The zero-order valence-corrected chi connectivity index (χ0v) is 14.0. The van der Waals surface area contributed by atoms with E-state index in [9.17, 15) is 9.59 Å². The Morgan fingerprint density at radius 1 is 1.16 bits per heavy atom. The zero-order chi connectivity index (χ0) is 17.8. The van der Waals surface area contributed by atoms with Crippen LogP contribution in [0.3, 0.4) is 0 Å². The number of carbonyl (C=O) groups excluding carboxylic acids is 2. The average Bonchev–Trinajstić information content (AvgIpc) is 3.07. The Morgan fingerprint density at radius 2 is 1.92 bits per heavy atom. The van der Waals surface area contributed by atoms with E-state index in [-0.39, 0.29) is 6.61 Å². The van der Waals surface area contributed by atoms with E-state index in [2.05, 4.69) is 29.4 Å². The maximum atomic E-state index is 12.0. The number of amides is 1. The van der Waals surface area contributed by atoms with E-state index in [1.54, 1.807) is 22.7 Å². The standard InChI is InChI=1S/C18H18N4O3/c1-12(2)13-3-6-15(7-4-13)20-17(23)10-25-18(24)14-5-8-16-21-19-11-22(16)9-14/h3-9,11-12H,10H2,1-2H3,(H,20,23). The van der Waals surface area contributed by atoms with E-state index in [1.165, 1.54) is 11.9 Å². The molecule has 0 unspecified atom stereocenters. The SMILES string of the molecule is CC(C)c1ccc(NC(=O)COC(=O)c2ccc3nncn3c2)cc1. The molecule has 0 aliphatic rings. The molecule has 2 aromatic heterocycles. The van der Waals surface area contributed by atoms with E-state index in [0.717, 1.165) is 0 Å². The van der Waals surface area contributed by atoms with Gasteiger partial charge in [0, 0.05) is 11.9 Å². The molecular weight excluding hydrogens is 320 g/mol. The first-order valence-electron chi connectivity index (χ1n) is 7.89. The van der Waals surface area contributed by atoms with Gasteiger partial charge in [-0.15, -0.1) is 10.2 Å². The Labute approximate surface area is 144 Å². The van der Waals surface area contributed by atoms with Crippen molar-refractivity contribution in [1.29, 1.82) is 0 Å². The zero-order valence-electron chi connectivity index (χ0n) is 14.0. The van der Waals surface area contributed by atoms with Crippen LogP contribution in [-0.2, 0) is 9.53 Å². The summed E-state index contributed by atoms with van der Waals surface area (Å²) in [6.07, 6.45) is 3.04. The molecule has 1 N–H and O–H groups in total. The summed E-state index contributed by atoms with van der Waals surface area (Å²) in [4.78, 5) is 24.0. The number of fused-ring (bicyclic) bond motifs is 1. The van der Waals surface area contributed by atoms with Gasteiger partial charge < -0.3 is 10.1 Å². The fourth-order valence-electron chi connectivity index (χ4n) is 2.31. The molecular formula is C18H18N4O3. The molecule has 0 bridgehead atoms. The van der Waals surface area contributed by atoms with Crippen LogP contribution < -0.4 is 5.32 Å². The summed E-state index contributed by atoms with van der Waals surface area (Å²) >= 11 is 0. The molecule has 3 aromatic rings. The van der Waals surface area contributed by atoms with Crippen LogP contribution in [0.4, 0.5) is 5.69 Å². The first-order valence-corrected chi connectivity index (χ1v) is 7.89. The molecule has 0 saturated carbocycles. The van der Waals surface area contributed by atoms with Gasteiger partial charge in [-0.1, -0.05) is 26.0 Å². The fraction of sp³-hybridized carbons (Fsp3) is 0.222. The molecule has 7 nitrogen and oxygen atoms in total. The van der Waals surface area contributed by atoms with Gasteiger partial charge >= 0.3 is 5.97 Å². The van der Waals surface area contributed by atoms with Crippen LogP contribution >= 0.6 is 0 Å². The van der Waals surface area contributed by atoms with Crippen LogP contribution in [0.5, 0.6) is 0 Å². The van der Waals surface area contributed by atoms with Crippen LogP contribution in [-0.4, -0.2) is 33.1 Å². The number of nitrogens with zero attached hydrogens (tertiary/aromatic N) is 3. The Kier molecular flexibility index (Phi) is 4.74. The third kappa shape index (κ3) is 4.00. The summed E-state index contributed by atoms with van der Waals surface area (Å²) in [5.41, 5.74) is 2.80. The van der Waals surface area contributed by atoms with Gasteiger partial charge in [-0.25, -0.2) is 4.79 Å². The number of nitrogens with one attached hydrogen (secondary N) is 1. The highest BCUT2D eigenvalue weighted by atomic mass is 16.5. The van der Waals surface area contributed by atoms with Gasteiger partial charge in [0.25, 0.3) is 5.91 Å². The Bertz CT molecular complexity index is 900. The van der Waals surface area contributed by atoms with Crippen molar-refractivity contribution in [3.05, 3.63) is 60.0 Å². The number of esters is 1. The summed E-state index contributed by atoms with van der Waals surface area (Å²) in [6, 6.07) is 10.8. The maximum absolute atomic E-state index is 12.0. The molecule has 0 saturated heterocycles. The van der Waals surface area contributed by atoms with Crippen molar-refractivity contribution in [3.63, 3.8) is 0 Å². The monoisotopic (exact) mass is 338 g/mol. The van der Waals surface area contributed by atoms with Crippen molar-refractivity contribution in [2.24, 2.45) is 0 Å². The number of ether oxygens (including phenoxy) is 1. The summed E-state index contributed by atoms with van der Waals surface area (Å²) in [7, 11) is 0. The molecule has 1 aromatic carbocycles. The van der Waals surface area contributed by atoms with Crippen molar-refractivity contribution in [2.75, 3.05) is 11.9 Å². The second-order valence-electron chi connectivity index (χ2n) is 5.92. The van der Waals surface area contributed by atoms with Crippen molar-refractivity contribution in [1.82, 2.24) is 14.6 Å². The predicted octanol–water partition coefficient (Wildman–Crippen LogP) is 2.65. The summed E-state index contributed by atoms with van der Waals surface area (Å²) in [6.45, 7) is 3.85. The molecule has 128 valence electrons. The number of rotatable bonds is 5. The molecule has 7 heteroatoms. The van der Waals surface area contributed by atoms with Gasteiger partial charge in [-0.2, -0.15) is 0 Å². The molecule has 0 radical (unpaired) electrons. The normalized spacial score (nSPS) is 10.8. The van der Waals surface area contributed by atoms with Crippen molar-refractivity contribution in [2.45, 2.75) is 19.8 Å². The highest BCUT2D eigenvalue weighted by Gasteiger charge is 2.11. The molecule has 0 fully saturated rings. The Hall–Kier alpha value is -3.22. The molecule has 1 amide bonds. The molecule has 0 spiro atoms. The number of anilines is 1. The van der Waals surface area contributed by atoms with Crippen molar-refractivity contribution in [3.8, 4) is 0 Å². The van der Waals surface area contributed by atoms with Gasteiger partial charge in [0.15, 0.2) is 12.3 Å². The van der Waals surface area contributed by atoms with Crippen LogP contribution in [0.25, 0.3) is 5.65 Å². The summed E-state index contributed by atoms with van der Waals surface area (Å²) in [5, 5.41) is 10.3. The topological polar surface area (TPSA) is 85.6 Å². The number of hydrogen-bond acceptors (Lipinski definition) is 5. The van der Waals surface area contributed by atoms with E-state index in [4.69, 9.17) is 4.74 Å². The molecule has 0 aliphatic heterocycles. The minimum atomic E-state index is -0.582. The minimum Gasteiger partial charge on any atom is -0.452 e. The molecule has 0 atom stereocenters. The van der Waals surface area contributed by atoms with Gasteiger partial charge in [0.05, 0.1) is 5.56 Å². The van der Waals surface area contributed by atoms with Gasteiger partial charge in [0.1, 0.15) is 6.33 Å². The first kappa shape index (κ1) is 16.6. The van der Waals surface area contributed by atoms with Crippen LogP contribution in [0.1, 0.15) is 35.7 Å². The number of benzene rings is 1. The second kappa shape index (κ2) is 7.12. The third-order valence-electron chi connectivity index (χ3n) is 3.72. The van der Waals surface area contributed by atoms with Crippen molar-refractivity contribution >= 4 is 23.2 Å². The van der Waals surface area contributed by atoms with Gasteiger partial charge in [-0.05, 0) is 35.7 Å². The lowest BCUT2D eigenvalue weighted by Crippen LogP contribution is -2.21. The molecule has 2 heterocycles. The Morgan fingerprint density at radius 3 is 2.64 bits per heavy atom. The highest BCUT2D eigenvalue weighted by Crippen LogP contribution is 2.17. The number of hydrogen-bond donors (Lipinski definition) is 1. The lowest BCUT2D eigenvalue weighted by molar-refractivity contribution is -0.119. The molecule has 25 heavy (non-hydrogen) atoms. The van der Waals surface area contributed by atoms with Crippen LogP contribution in [0.15, 0.2) is 48.9 Å². The fourth-order valence-corrected chi connectivity index (χ4v) is 2.31. The third-order valence-corrected chi connectivity index (χ3v) is 3.72. The van der Waals surface area contributed by atoms with Crippen LogP contribution in [0.2, 0.25) is 0 Å². The summed E-state index contributed by atoms with van der Waals surface area (Å²) < 4.78 is 6.65. The first-order chi connectivity index (χ1) is 12.0. The quantitative estimate of drug-likeness (QED) is 0.723. The number of pyridine rings is 1. The predicted molar refractivity (Wildman–Crippen MR) is 92.4 cm³/mol. The van der Waals surface area contributed by atoms with Crippen molar-refractivity contribution < 1.29 is 14.3 Å². The smallest absolute Gasteiger partial charge is 0.340 e. The maximum Gasteiger partial charge on any atom is 0.340 e.